The van der Waals surface area contributed by atoms with Gasteiger partial charge in [0.1, 0.15) is 5.75 Å². The van der Waals surface area contributed by atoms with Crippen LogP contribution in [0.25, 0.3) is 6.08 Å². The van der Waals surface area contributed by atoms with Crippen molar-refractivity contribution in [2.45, 2.75) is 0 Å². The Labute approximate surface area is 167 Å². The van der Waals surface area contributed by atoms with Crippen molar-refractivity contribution in [1.82, 2.24) is 5.32 Å². The Morgan fingerprint density at radius 2 is 1.61 bits per heavy atom. The number of aliphatic imine (C=N–C) groups is 1. The first-order valence-electron chi connectivity index (χ1n) is 8.32. The number of amides is 1. The molecule has 0 unspecified atom stereocenters. The van der Waals surface area contributed by atoms with E-state index in [9.17, 15) is 4.79 Å². The molecule has 1 aliphatic heterocycles. The lowest BCUT2D eigenvalue weighted by atomic mass is 10.1. The molecule has 0 radical (unpaired) electrons. The first-order chi connectivity index (χ1) is 13.6. The second-order valence-corrected chi connectivity index (χ2v) is 6.63. The standard InChI is InChI=1S/C20H20N2O5S/c1-24-14-8-6-13(7-9-14)21-20-22-19(23)16(28-20)11-12-5-10-15(25-2)18(27-4)17(12)26-3/h5-11H,1-4H3,(H,21,22,23). The Kier molecular flexibility index (Phi) is 6.10. The molecule has 1 N–H and O–H groups in total. The zero-order valence-electron chi connectivity index (χ0n) is 15.9. The maximum absolute atomic E-state index is 12.4. The second kappa shape index (κ2) is 8.71. The highest BCUT2D eigenvalue weighted by Gasteiger charge is 2.25. The molecule has 1 heterocycles. The number of benzene rings is 2. The lowest BCUT2D eigenvalue weighted by Gasteiger charge is -2.14. The van der Waals surface area contributed by atoms with Gasteiger partial charge in [0, 0.05) is 5.56 Å². The van der Waals surface area contributed by atoms with Crippen LogP contribution >= 0.6 is 11.8 Å². The van der Waals surface area contributed by atoms with Gasteiger partial charge in [-0.15, -0.1) is 0 Å². The fraction of sp³-hybridized carbons (Fsp3) is 0.200. The molecule has 8 heteroatoms. The summed E-state index contributed by atoms with van der Waals surface area (Å²) in [4.78, 5) is 17.3. The second-order valence-electron chi connectivity index (χ2n) is 5.60. The van der Waals surface area contributed by atoms with Gasteiger partial charge in [0.05, 0.1) is 39.0 Å². The largest absolute Gasteiger partial charge is 0.497 e. The van der Waals surface area contributed by atoms with E-state index in [0.717, 1.165) is 5.75 Å². The highest BCUT2D eigenvalue weighted by Crippen LogP contribution is 2.41. The van der Waals surface area contributed by atoms with Gasteiger partial charge in [-0.25, -0.2) is 4.99 Å². The first kappa shape index (κ1) is 19.6. The lowest BCUT2D eigenvalue weighted by molar-refractivity contribution is -0.115. The van der Waals surface area contributed by atoms with Crippen LogP contribution in [0.1, 0.15) is 5.56 Å². The number of hydrogen-bond acceptors (Lipinski definition) is 7. The maximum Gasteiger partial charge on any atom is 0.264 e. The van der Waals surface area contributed by atoms with E-state index in [2.05, 4.69) is 10.3 Å². The fourth-order valence-electron chi connectivity index (χ4n) is 2.63. The number of methoxy groups -OCH3 is 4. The van der Waals surface area contributed by atoms with Crippen molar-refractivity contribution in [1.29, 1.82) is 0 Å². The fourth-order valence-corrected chi connectivity index (χ4v) is 3.47. The van der Waals surface area contributed by atoms with E-state index in [1.54, 1.807) is 32.4 Å². The molecule has 1 amide bonds. The van der Waals surface area contributed by atoms with Gasteiger partial charge in [-0.1, -0.05) is 0 Å². The molecule has 2 aromatic rings. The minimum absolute atomic E-state index is 0.228. The van der Waals surface area contributed by atoms with Crippen molar-refractivity contribution in [2.75, 3.05) is 28.4 Å². The third-order valence-corrected chi connectivity index (χ3v) is 4.89. The molecule has 28 heavy (non-hydrogen) atoms. The summed E-state index contributed by atoms with van der Waals surface area (Å²) in [6.45, 7) is 0. The summed E-state index contributed by atoms with van der Waals surface area (Å²) in [6, 6.07) is 10.8. The zero-order valence-corrected chi connectivity index (χ0v) is 16.8. The number of rotatable bonds is 6. The SMILES string of the molecule is COc1ccc(N=C2NC(=O)C(=Cc3ccc(OC)c(OC)c3OC)S2)cc1. The van der Waals surface area contributed by atoms with Crippen molar-refractivity contribution in [3.63, 3.8) is 0 Å². The summed E-state index contributed by atoms with van der Waals surface area (Å²) in [5.74, 6) is 2.02. The Morgan fingerprint density at radius 1 is 0.893 bits per heavy atom. The number of nitrogens with one attached hydrogen (secondary N) is 1. The van der Waals surface area contributed by atoms with E-state index in [-0.39, 0.29) is 5.91 Å². The van der Waals surface area contributed by atoms with Crippen LogP contribution in [-0.4, -0.2) is 39.5 Å². The molecule has 7 nitrogen and oxygen atoms in total. The molecule has 0 saturated carbocycles. The van der Waals surface area contributed by atoms with E-state index in [1.807, 2.05) is 24.3 Å². The minimum atomic E-state index is -0.228. The summed E-state index contributed by atoms with van der Waals surface area (Å²) in [5.41, 5.74) is 1.41. The van der Waals surface area contributed by atoms with Crippen LogP contribution in [0.2, 0.25) is 0 Å². The first-order valence-corrected chi connectivity index (χ1v) is 9.13. The van der Waals surface area contributed by atoms with Crippen LogP contribution in [-0.2, 0) is 4.79 Å². The molecule has 3 rings (SSSR count). The molecule has 1 aliphatic rings. The summed E-state index contributed by atoms with van der Waals surface area (Å²) in [5, 5.41) is 3.27. The molecule has 0 spiro atoms. The smallest absolute Gasteiger partial charge is 0.264 e. The minimum Gasteiger partial charge on any atom is -0.497 e. The van der Waals surface area contributed by atoms with Gasteiger partial charge in [-0.05, 0) is 54.2 Å². The molecular weight excluding hydrogens is 380 g/mol. The normalized spacial score (nSPS) is 16.2. The quantitative estimate of drug-likeness (QED) is 0.747. The molecule has 146 valence electrons. The maximum atomic E-state index is 12.4. The van der Waals surface area contributed by atoms with E-state index in [4.69, 9.17) is 18.9 Å². The predicted octanol–water partition coefficient (Wildman–Crippen LogP) is 3.61. The van der Waals surface area contributed by atoms with Crippen molar-refractivity contribution in [3.05, 3.63) is 46.9 Å². The van der Waals surface area contributed by atoms with E-state index in [1.165, 1.54) is 26.0 Å². The van der Waals surface area contributed by atoms with Gasteiger partial charge in [0.15, 0.2) is 16.7 Å². The molecule has 0 aliphatic carbocycles. The summed E-state index contributed by atoms with van der Waals surface area (Å²) in [6.07, 6.45) is 1.73. The summed E-state index contributed by atoms with van der Waals surface area (Å²) >= 11 is 1.25. The van der Waals surface area contributed by atoms with E-state index in [0.29, 0.717) is 38.6 Å². The van der Waals surface area contributed by atoms with Crippen LogP contribution < -0.4 is 24.3 Å². The number of carbonyl (C=O) groups is 1. The van der Waals surface area contributed by atoms with Gasteiger partial charge in [-0.2, -0.15) is 0 Å². The van der Waals surface area contributed by atoms with Gasteiger partial charge < -0.3 is 24.3 Å². The van der Waals surface area contributed by atoms with Crippen molar-refractivity contribution in [2.24, 2.45) is 4.99 Å². The van der Waals surface area contributed by atoms with Crippen LogP contribution in [0, 0.1) is 0 Å². The monoisotopic (exact) mass is 400 g/mol. The Morgan fingerprint density at radius 3 is 2.21 bits per heavy atom. The average molecular weight is 400 g/mol. The number of ether oxygens (including phenoxy) is 4. The van der Waals surface area contributed by atoms with Crippen LogP contribution in [0.4, 0.5) is 5.69 Å². The summed E-state index contributed by atoms with van der Waals surface area (Å²) in [7, 11) is 6.23. The van der Waals surface area contributed by atoms with Crippen molar-refractivity contribution in [3.8, 4) is 23.0 Å². The highest BCUT2D eigenvalue weighted by molar-refractivity contribution is 8.18. The summed E-state index contributed by atoms with van der Waals surface area (Å²) < 4.78 is 21.3. The van der Waals surface area contributed by atoms with Crippen LogP contribution in [0.15, 0.2) is 46.3 Å². The van der Waals surface area contributed by atoms with E-state index >= 15 is 0 Å². The van der Waals surface area contributed by atoms with Gasteiger partial charge in [0.2, 0.25) is 5.75 Å². The number of hydrogen-bond donors (Lipinski definition) is 1. The Balaban J connectivity index is 1.89. The number of amidine groups is 1. The molecule has 2 aromatic carbocycles. The zero-order chi connectivity index (χ0) is 20.1. The van der Waals surface area contributed by atoms with Gasteiger partial charge in [-0.3, -0.25) is 4.79 Å². The third-order valence-electron chi connectivity index (χ3n) is 3.98. The van der Waals surface area contributed by atoms with Crippen molar-refractivity contribution >= 4 is 34.6 Å². The van der Waals surface area contributed by atoms with Crippen LogP contribution in [0.5, 0.6) is 23.0 Å². The third kappa shape index (κ3) is 4.07. The highest BCUT2D eigenvalue weighted by atomic mass is 32.2. The molecule has 0 aromatic heterocycles. The van der Waals surface area contributed by atoms with Gasteiger partial charge >= 0.3 is 0 Å². The predicted molar refractivity (Wildman–Crippen MR) is 110 cm³/mol. The lowest BCUT2D eigenvalue weighted by Crippen LogP contribution is -2.19. The van der Waals surface area contributed by atoms with Gasteiger partial charge in [0.25, 0.3) is 5.91 Å². The Bertz CT molecular complexity index is 938. The van der Waals surface area contributed by atoms with Crippen molar-refractivity contribution < 1.29 is 23.7 Å². The molecule has 1 fully saturated rings. The number of nitrogens with zero attached hydrogens (tertiary/aromatic N) is 1. The number of carbonyl (C=O) groups excluding carboxylic acids is 1. The molecule has 1 saturated heterocycles. The van der Waals surface area contributed by atoms with Crippen LogP contribution in [0.3, 0.4) is 0 Å². The average Bonchev–Trinajstić information content (AvgIpc) is 3.06. The molecular formula is C20H20N2O5S. The number of thioether (sulfide) groups is 1. The van der Waals surface area contributed by atoms with E-state index < -0.39 is 0 Å². The topological polar surface area (TPSA) is 78.4 Å². The molecule has 0 atom stereocenters. The molecule has 0 bridgehead atoms. The Hall–Kier alpha value is -3.13.